The smallest absolute Gasteiger partial charge is 0.224 e. The van der Waals surface area contributed by atoms with Crippen LogP contribution in [0.15, 0.2) is 42.8 Å². The molecule has 1 aromatic carbocycles. The Morgan fingerprint density at radius 3 is 2.32 bits per heavy atom. The molecule has 2 rings (SSSR count). The van der Waals surface area contributed by atoms with E-state index in [4.69, 9.17) is 44.6 Å². The summed E-state index contributed by atoms with van der Waals surface area (Å²) in [4.78, 5) is 0. The number of hydrogen-bond acceptors (Lipinski definition) is 3. The highest BCUT2D eigenvalue weighted by Gasteiger charge is 2.23. The minimum Gasteiger partial charge on any atom is -0.475 e. The summed E-state index contributed by atoms with van der Waals surface area (Å²) in [6.07, 6.45) is 0. The maximum absolute atomic E-state index is 5.71. The number of halogens is 3. The summed E-state index contributed by atoms with van der Waals surface area (Å²) in [5.74, 6) is 1.00. The first kappa shape index (κ1) is 20.0. The number of nitrogens with zero attached hydrogens (tertiary/aromatic N) is 2. The molecule has 25 heavy (non-hydrogen) atoms. The van der Waals surface area contributed by atoms with E-state index in [1.807, 2.05) is 41.9 Å². The van der Waals surface area contributed by atoms with Crippen LogP contribution in [0.2, 0.25) is 0 Å². The Labute approximate surface area is 163 Å². The Morgan fingerprint density at radius 2 is 1.80 bits per heavy atom. The van der Waals surface area contributed by atoms with Gasteiger partial charge in [0, 0.05) is 11.5 Å². The molecular formula is C18H22Cl3N3O. The fourth-order valence-corrected chi connectivity index (χ4v) is 2.23. The van der Waals surface area contributed by atoms with E-state index in [1.165, 1.54) is 5.56 Å². The van der Waals surface area contributed by atoms with Gasteiger partial charge in [0.1, 0.15) is 12.4 Å². The van der Waals surface area contributed by atoms with Gasteiger partial charge < -0.3 is 10.1 Å². The molecule has 0 bridgehead atoms. The first-order valence-corrected chi connectivity index (χ1v) is 8.92. The predicted molar refractivity (Wildman–Crippen MR) is 106 cm³/mol. The van der Waals surface area contributed by atoms with Gasteiger partial charge in [0.15, 0.2) is 5.88 Å². The van der Waals surface area contributed by atoms with Crippen molar-refractivity contribution in [3.05, 3.63) is 54.1 Å². The van der Waals surface area contributed by atoms with Gasteiger partial charge in [-0.25, -0.2) is 4.68 Å². The maximum atomic E-state index is 5.71. The Morgan fingerprint density at radius 1 is 1.20 bits per heavy atom. The summed E-state index contributed by atoms with van der Waals surface area (Å²) in [6.45, 7) is 12.1. The average Bonchev–Trinajstić information content (AvgIpc) is 2.89. The number of benzene rings is 1. The number of aryl methyl sites for hydroxylation is 1. The molecule has 4 nitrogen and oxygen atoms in total. The molecule has 0 saturated carbocycles. The average molecular weight is 403 g/mol. The molecule has 7 heteroatoms. The van der Waals surface area contributed by atoms with Gasteiger partial charge in [-0.3, -0.25) is 0 Å². The van der Waals surface area contributed by atoms with Gasteiger partial charge in [0.25, 0.3) is 0 Å². The van der Waals surface area contributed by atoms with Crippen LogP contribution in [-0.2, 0) is 10.2 Å². The van der Waals surface area contributed by atoms with Gasteiger partial charge in [-0.15, -0.1) is 0 Å². The lowest BCUT2D eigenvalue weighted by molar-refractivity contribution is 0.225. The van der Waals surface area contributed by atoms with E-state index in [0.717, 1.165) is 17.2 Å². The van der Waals surface area contributed by atoms with Gasteiger partial charge in [0.05, 0.1) is 11.4 Å². The summed E-state index contributed by atoms with van der Waals surface area (Å²) in [5, 5.41) is 7.82. The standard InChI is InChI=1S/C18H22Cl3N3O/c1-12-6-8-14(9-7-12)24-16(10-15(23-24)17(3,4)5)22-13(2)25-11-18(19,20)21/h6-10,22H,2,11H2,1,3-5H3. The fourth-order valence-electron chi connectivity index (χ4n) is 2.07. The van der Waals surface area contributed by atoms with E-state index in [1.54, 1.807) is 0 Å². The van der Waals surface area contributed by atoms with Crippen molar-refractivity contribution in [2.24, 2.45) is 0 Å². The van der Waals surface area contributed by atoms with Crippen molar-refractivity contribution in [2.45, 2.75) is 36.9 Å². The SMILES string of the molecule is C=C(Nc1cc(C(C)(C)C)nn1-c1ccc(C)cc1)OCC(Cl)(Cl)Cl. The zero-order valence-corrected chi connectivity index (χ0v) is 17.0. The quantitative estimate of drug-likeness (QED) is 0.511. The molecular weight excluding hydrogens is 381 g/mol. The van der Waals surface area contributed by atoms with Crippen molar-refractivity contribution < 1.29 is 4.74 Å². The van der Waals surface area contributed by atoms with E-state index in [-0.39, 0.29) is 17.9 Å². The van der Waals surface area contributed by atoms with E-state index in [9.17, 15) is 0 Å². The Bertz CT molecular complexity index is 740. The lowest BCUT2D eigenvalue weighted by Crippen LogP contribution is -2.16. The van der Waals surface area contributed by atoms with Gasteiger partial charge in [-0.2, -0.15) is 5.10 Å². The lowest BCUT2D eigenvalue weighted by Gasteiger charge is -2.16. The Hall–Kier alpha value is -1.36. The van der Waals surface area contributed by atoms with Crippen LogP contribution in [-0.4, -0.2) is 20.2 Å². The van der Waals surface area contributed by atoms with Crippen molar-refractivity contribution in [1.29, 1.82) is 0 Å². The molecule has 1 N–H and O–H groups in total. The molecule has 0 aliphatic rings. The third-order valence-corrected chi connectivity index (χ3v) is 3.76. The van der Waals surface area contributed by atoms with Crippen LogP contribution in [0, 0.1) is 6.92 Å². The van der Waals surface area contributed by atoms with Crippen LogP contribution in [0.4, 0.5) is 5.82 Å². The van der Waals surface area contributed by atoms with Crippen molar-refractivity contribution in [3.8, 4) is 5.69 Å². The van der Waals surface area contributed by atoms with Crippen molar-refractivity contribution >= 4 is 40.6 Å². The molecule has 0 unspecified atom stereocenters. The first-order valence-electron chi connectivity index (χ1n) is 7.79. The van der Waals surface area contributed by atoms with Crippen LogP contribution in [0.3, 0.4) is 0 Å². The molecule has 0 amide bonds. The van der Waals surface area contributed by atoms with E-state index >= 15 is 0 Å². The van der Waals surface area contributed by atoms with Gasteiger partial charge in [-0.05, 0) is 25.6 Å². The highest BCUT2D eigenvalue weighted by atomic mass is 35.6. The minimum atomic E-state index is -1.50. The number of rotatable bonds is 5. The Kier molecular flexibility index (Phi) is 5.97. The predicted octanol–water partition coefficient (Wildman–Crippen LogP) is 5.75. The lowest BCUT2D eigenvalue weighted by atomic mass is 9.92. The number of alkyl halides is 3. The Balaban J connectivity index is 2.30. The van der Waals surface area contributed by atoms with Crippen molar-refractivity contribution in [2.75, 3.05) is 11.9 Å². The molecule has 0 atom stereocenters. The molecule has 0 saturated heterocycles. The second-order valence-electron chi connectivity index (χ2n) is 6.86. The molecule has 0 aliphatic carbocycles. The van der Waals surface area contributed by atoms with Gasteiger partial charge in [-0.1, -0.05) is 73.3 Å². The molecule has 1 aromatic heterocycles. The normalized spacial score (nSPS) is 12.1. The number of hydrogen-bond donors (Lipinski definition) is 1. The summed E-state index contributed by atoms with van der Waals surface area (Å²) in [7, 11) is 0. The van der Waals surface area contributed by atoms with E-state index < -0.39 is 3.79 Å². The molecule has 0 radical (unpaired) electrons. The molecule has 0 fully saturated rings. The third kappa shape index (κ3) is 5.84. The van der Waals surface area contributed by atoms with Crippen LogP contribution in [0.25, 0.3) is 5.69 Å². The fraction of sp³-hybridized carbons (Fsp3) is 0.389. The van der Waals surface area contributed by atoms with E-state index in [0.29, 0.717) is 0 Å². The monoisotopic (exact) mass is 401 g/mol. The maximum Gasteiger partial charge on any atom is 0.224 e. The summed E-state index contributed by atoms with van der Waals surface area (Å²) in [6, 6.07) is 10.0. The molecule has 1 heterocycles. The zero-order valence-electron chi connectivity index (χ0n) is 14.7. The molecule has 136 valence electrons. The van der Waals surface area contributed by atoms with E-state index in [2.05, 4.69) is 32.7 Å². The number of aromatic nitrogens is 2. The summed E-state index contributed by atoms with van der Waals surface area (Å²) in [5.41, 5.74) is 2.94. The summed E-state index contributed by atoms with van der Waals surface area (Å²) >= 11 is 17.1. The number of nitrogens with one attached hydrogen (secondary N) is 1. The number of ether oxygens (including phenoxy) is 1. The van der Waals surface area contributed by atoms with Crippen LogP contribution < -0.4 is 5.32 Å². The van der Waals surface area contributed by atoms with Gasteiger partial charge >= 0.3 is 0 Å². The van der Waals surface area contributed by atoms with Crippen LogP contribution in [0.1, 0.15) is 32.0 Å². The second kappa shape index (κ2) is 7.48. The third-order valence-electron chi connectivity index (χ3n) is 3.43. The topological polar surface area (TPSA) is 39.1 Å². The second-order valence-corrected chi connectivity index (χ2v) is 9.38. The highest BCUT2D eigenvalue weighted by molar-refractivity contribution is 6.67. The zero-order chi connectivity index (χ0) is 18.8. The molecule has 2 aromatic rings. The van der Waals surface area contributed by atoms with Crippen molar-refractivity contribution in [1.82, 2.24) is 9.78 Å². The largest absolute Gasteiger partial charge is 0.475 e. The molecule has 0 aliphatic heterocycles. The van der Waals surface area contributed by atoms with Crippen molar-refractivity contribution in [3.63, 3.8) is 0 Å². The first-order chi connectivity index (χ1) is 11.5. The minimum absolute atomic E-state index is 0.103. The highest BCUT2D eigenvalue weighted by Crippen LogP contribution is 2.29. The van der Waals surface area contributed by atoms with Gasteiger partial charge in [0.2, 0.25) is 3.79 Å². The van der Waals surface area contributed by atoms with Crippen LogP contribution in [0.5, 0.6) is 0 Å². The molecule has 0 spiro atoms. The number of anilines is 1. The van der Waals surface area contributed by atoms with Crippen LogP contribution >= 0.6 is 34.8 Å². The summed E-state index contributed by atoms with van der Waals surface area (Å²) < 4.78 is 5.68.